The molecule has 1 unspecified atom stereocenters. The van der Waals surface area contributed by atoms with Crippen molar-refractivity contribution < 1.29 is 4.79 Å². The molecule has 0 radical (unpaired) electrons. The molecule has 1 saturated heterocycles. The van der Waals surface area contributed by atoms with Gasteiger partial charge in [-0.3, -0.25) is 4.79 Å². The van der Waals surface area contributed by atoms with Crippen molar-refractivity contribution in [2.45, 2.75) is 18.9 Å². The van der Waals surface area contributed by atoms with Gasteiger partial charge in [-0.25, -0.2) is 0 Å². The SMILES string of the molecule is O=C(CCc1ccccc1)N1CCNCC1c1ccccc1. The summed E-state index contributed by atoms with van der Waals surface area (Å²) in [6.07, 6.45) is 1.39. The summed E-state index contributed by atoms with van der Waals surface area (Å²) in [4.78, 5) is 14.7. The van der Waals surface area contributed by atoms with E-state index in [1.807, 2.05) is 41.3 Å². The van der Waals surface area contributed by atoms with Crippen LogP contribution in [-0.4, -0.2) is 30.4 Å². The van der Waals surface area contributed by atoms with Crippen molar-refractivity contribution in [3.05, 3.63) is 71.8 Å². The molecule has 2 aromatic rings. The van der Waals surface area contributed by atoms with Gasteiger partial charge in [0, 0.05) is 26.1 Å². The number of carbonyl (C=O) groups excluding carboxylic acids is 1. The van der Waals surface area contributed by atoms with E-state index in [-0.39, 0.29) is 11.9 Å². The van der Waals surface area contributed by atoms with Gasteiger partial charge in [0.25, 0.3) is 0 Å². The molecule has 22 heavy (non-hydrogen) atoms. The molecule has 0 aromatic heterocycles. The Balaban J connectivity index is 1.66. The summed E-state index contributed by atoms with van der Waals surface area (Å²) >= 11 is 0. The molecule has 1 aliphatic heterocycles. The highest BCUT2D eigenvalue weighted by Crippen LogP contribution is 2.23. The molecule has 114 valence electrons. The normalized spacial score (nSPS) is 18.2. The standard InChI is InChI=1S/C19H22N2O/c22-19(12-11-16-7-3-1-4-8-16)21-14-13-20-15-18(21)17-9-5-2-6-10-17/h1-10,18,20H,11-15H2. The van der Waals surface area contributed by atoms with Gasteiger partial charge in [0.2, 0.25) is 5.91 Å². The first-order valence-corrected chi connectivity index (χ1v) is 7.93. The van der Waals surface area contributed by atoms with Crippen LogP contribution in [-0.2, 0) is 11.2 Å². The maximum atomic E-state index is 12.7. The zero-order chi connectivity index (χ0) is 15.2. The smallest absolute Gasteiger partial charge is 0.223 e. The minimum Gasteiger partial charge on any atom is -0.333 e. The highest BCUT2D eigenvalue weighted by atomic mass is 16.2. The molecule has 1 heterocycles. The van der Waals surface area contributed by atoms with Gasteiger partial charge < -0.3 is 10.2 Å². The van der Waals surface area contributed by atoms with E-state index >= 15 is 0 Å². The third-order valence-electron chi connectivity index (χ3n) is 4.22. The molecule has 3 rings (SSSR count). The van der Waals surface area contributed by atoms with Crippen LogP contribution in [0.15, 0.2) is 60.7 Å². The van der Waals surface area contributed by atoms with Gasteiger partial charge in [0.05, 0.1) is 6.04 Å². The van der Waals surface area contributed by atoms with Crippen LogP contribution >= 0.6 is 0 Å². The topological polar surface area (TPSA) is 32.3 Å². The molecular weight excluding hydrogens is 272 g/mol. The molecule has 1 fully saturated rings. The van der Waals surface area contributed by atoms with Gasteiger partial charge >= 0.3 is 0 Å². The zero-order valence-corrected chi connectivity index (χ0v) is 12.7. The van der Waals surface area contributed by atoms with Gasteiger partial charge in [0.1, 0.15) is 0 Å². The summed E-state index contributed by atoms with van der Waals surface area (Å²) in [5.41, 5.74) is 2.44. The van der Waals surface area contributed by atoms with Crippen molar-refractivity contribution in [1.29, 1.82) is 0 Å². The average Bonchev–Trinajstić information content (AvgIpc) is 2.61. The second kappa shape index (κ2) is 7.23. The minimum atomic E-state index is 0.151. The largest absolute Gasteiger partial charge is 0.333 e. The first kappa shape index (κ1) is 14.8. The van der Waals surface area contributed by atoms with E-state index < -0.39 is 0 Å². The van der Waals surface area contributed by atoms with Crippen LogP contribution in [0.1, 0.15) is 23.6 Å². The molecule has 0 saturated carbocycles. The maximum absolute atomic E-state index is 12.7. The van der Waals surface area contributed by atoms with Gasteiger partial charge in [-0.15, -0.1) is 0 Å². The first-order valence-electron chi connectivity index (χ1n) is 7.93. The molecule has 3 heteroatoms. The van der Waals surface area contributed by atoms with Crippen molar-refractivity contribution >= 4 is 5.91 Å². The summed E-state index contributed by atoms with van der Waals surface area (Å²) in [7, 11) is 0. The Kier molecular flexibility index (Phi) is 4.86. The lowest BCUT2D eigenvalue weighted by molar-refractivity contribution is -0.134. The Labute approximate surface area is 132 Å². The van der Waals surface area contributed by atoms with Crippen LogP contribution in [0.5, 0.6) is 0 Å². The van der Waals surface area contributed by atoms with Gasteiger partial charge in [-0.2, -0.15) is 0 Å². The van der Waals surface area contributed by atoms with Gasteiger partial charge in [0.15, 0.2) is 0 Å². The second-order valence-corrected chi connectivity index (χ2v) is 5.70. The monoisotopic (exact) mass is 294 g/mol. The molecular formula is C19H22N2O. The molecule has 3 nitrogen and oxygen atoms in total. The number of amides is 1. The minimum absolute atomic E-state index is 0.151. The number of rotatable bonds is 4. The van der Waals surface area contributed by atoms with Gasteiger partial charge in [-0.05, 0) is 17.5 Å². The predicted octanol–water partition coefficient (Wildman–Crippen LogP) is 2.79. The van der Waals surface area contributed by atoms with E-state index in [0.717, 1.165) is 26.1 Å². The van der Waals surface area contributed by atoms with E-state index in [0.29, 0.717) is 6.42 Å². The van der Waals surface area contributed by atoms with Crippen LogP contribution in [0.25, 0.3) is 0 Å². The highest BCUT2D eigenvalue weighted by Gasteiger charge is 2.27. The van der Waals surface area contributed by atoms with Gasteiger partial charge in [-0.1, -0.05) is 60.7 Å². The van der Waals surface area contributed by atoms with Crippen molar-refractivity contribution in [2.75, 3.05) is 19.6 Å². The zero-order valence-electron chi connectivity index (χ0n) is 12.7. The molecule has 0 spiro atoms. The van der Waals surface area contributed by atoms with Crippen LogP contribution in [0, 0.1) is 0 Å². The summed E-state index contributed by atoms with van der Waals surface area (Å²) in [5.74, 6) is 0.249. The number of piperazine rings is 1. The lowest BCUT2D eigenvalue weighted by Gasteiger charge is -2.36. The lowest BCUT2D eigenvalue weighted by atomic mass is 10.0. The number of nitrogens with one attached hydrogen (secondary N) is 1. The first-order chi connectivity index (χ1) is 10.8. The number of nitrogens with zero attached hydrogens (tertiary/aromatic N) is 1. The fraction of sp³-hybridized carbons (Fsp3) is 0.316. The summed E-state index contributed by atoms with van der Waals surface area (Å²) in [5, 5.41) is 3.40. The Hall–Kier alpha value is -2.13. The van der Waals surface area contributed by atoms with Crippen LogP contribution in [0.2, 0.25) is 0 Å². The van der Waals surface area contributed by atoms with Crippen LogP contribution in [0.4, 0.5) is 0 Å². The van der Waals surface area contributed by atoms with E-state index in [9.17, 15) is 4.79 Å². The average molecular weight is 294 g/mol. The molecule has 2 aromatic carbocycles. The van der Waals surface area contributed by atoms with Crippen molar-refractivity contribution in [3.63, 3.8) is 0 Å². The van der Waals surface area contributed by atoms with E-state index in [4.69, 9.17) is 0 Å². The van der Waals surface area contributed by atoms with Crippen LogP contribution < -0.4 is 5.32 Å². The lowest BCUT2D eigenvalue weighted by Crippen LogP contribution is -2.48. The highest BCUT2D eigenvalue weighted by molar-refractivity contribution is 5.77. The Morgan fingerprint density at radius 1 is 1.05 bits per heavy atom. The van der Waals surface area contributed by atoms with Crippen molar-refractivity contribution in [2.24, 2.45) is 0 Å². The molecule has 1 amide bonds. The predicted molar refractivity (Wildman–Crippen MR) is 88.5 cm³/mol. The molecule has 1 N–H and O–H groups in total. The summed E-state index contributed by atoms with van der Waals surface area (Å²) in [6, 6.07) is 20.7. The number of carbonyl (C=O) groups is 1. The Bertz CT molecular complexity index is 597. The summed E-state index contributed by atoms with van der Waals surface area (Å²) < 4.78 is 0. The third kappa shape index (κ3) is 3.55. The fourth-order valence-corrected chi connectivity index (χ4v) is 3.02. The number of aryl methyl sites for hydroxylation is 1. The molecule has 0 bridgehead atoms. The second-order valence-electron chi connectivity index (χ2n) is 5.70. The fourth-order valence-electron chi connectivity index (χ4n) is 3.02. The number of hydrogen-bond acceptors (Lipinski definition) is 2. The van der Waals surface area contributed by atoms with E-state index in [2.05, 4.69) is 29.6 Å². The van der Waals surface area contributed by atoms with Crippen molar-refractivity contribution in [1.82, 2.24) is 10.2 Å². The third-order valence-corrected chi connectivity index (χ3v) is 4.22. The summed E-state index contributed by atoms with van der Waals surface area (Å²) in [6.45, 7) is 2.49. The van der Waals surface area contributed by atoms with Crippen LogP contribution in [0.3, 0.4) is 0 Å². The number of benzene rings is 2. The van der Waals surface area contributed by atoms with Crippen molar-refractivity contribution in [3.8, 4) is 0 Å². The molecule has 1 atom stereocenters. The number of hydrogen-bond donors (Lipinski definition) is 1. The Morgan fingerprint density at radius 2 is 1.73 bits per heavy atom. The molecule has 1 aliphatic rings. The van der Waals surface area contributed by atoms with E-state index in [1.54, 1.807) is 0 Å². The quantitative estimate of drug-likeness (QED) is 0.940. The molecule has 0 aliphatic carbocycles. The van der Waals surface area contributed by atoms with E-state index in [1.165, 1.54) is 11.1 Å². The Morgan fingerprint density at radius 3 is 2.45 bits per heavy atom. The maximum Gasteiger partial charge on any atom is 0.223 e.